The maximum absolute atomic E-state index is 11.1. The Labute approximate surface area is 183 Å². The molecule has 160 valence electrons. The lowest BCUT2D eigenvalue weighted by molar-refractivity contribution is 0.0700. The normalized spacial score (nSPS) is 10.2. The zero-order chi connectivity index (χ0) is 22.1. The number of ether oxygens (including phenoxy) is 2. The summed E-state index contributed by atoms with van der Waals surface area (Å²) in [5, 5.41) is 19.2. The molecule has 4 N–H and O–H groups in total. The van der Waals surface area contributed by atoms with E-state index < -0.39 is 5.97 Å². The molecule has 9 heteroatoms. The third kappa shape index (κ3) is 6.17. The topological polar surface area (TPSA) is 115 Å². The van der Waals surface area contributed by atoms with Gasteiger partial charge in [0.2, 0.25) is 0 Å². The molecule has 0 atom stereocenters. The van der Waals surface area contributed by atoms with Gasteiger partial charge in [-0.05, 0) is 29.8 Å². The van der Waals surface area contributed by atoms with E-state index in [2.05, 4.69) is 4.98 Å². The Bertz CT molecular complexity index is 976. The van der Waals surface area contributed by atoms with Crippen molar-refractivity contribution in [2.75, 3.05) is 20.8 Å². The number of nitrogens with zero attached hydrogens (tertiary/aromatic N) is 1. The number of aliphatic hydroxyl groups is 1. The molecule has 0 aliphatic heterocycles. The molecule has 0 spiro atoms. The van der Waals surface area contributed by atoms with Crippen molar-refractivity contribution in [2.24, 2.45) is 5.73 Å². The van der Waals surface area contributed by atoms with Gasteiger partial charge in [-0.15, -0.1) is 11.3 Å². The highest BCUT2D eigenvalue weighted by molar-refractivity contribution is 7.17. The number of halogens is 1. The summed E-state index contributed by atoms with van der Waals surface area (Å²) < 4.78 is 10.2. The van der Waals surface area contributed by atoms with E-state index in [1.807, 2.05) is 18.2 Å². The molecule has 0 aliphatic carbocycles. The minimum absolute atomic E-state index is 0.121. The molecule has 2 aromatic carbocycles. The van der Waals surface area contributed by atoms with Crippen LogP contribution in [0.1, 0.15) is 20.9 Å². The first kappa shape index (κ1) is 23.6. The Balaban J connectivity index is 0.000000232. The quantitative estimate of drug-likeness (QED) is 0.500. The maximum atomic E-state index is 11.1. The summed E-state index contributed by atoms with van der Waals surface area (Å²) in [6.45, 7) is 0.393. The van der Waals surface area contributed by atoms with Crippen molar-refractivity contribution < 1.29 is 24.5 Å². The standard InChI is InChI=1S/C12H10ClNO3S.C9H13NO2/c13-8-3-1-7(2-4-8)11-14-9(5-6-15)10(18-11)12(16)17;1-11-8-4-3-7(6-10)5-9(8)12-2/h1-4,15H,5-6H2,(H,16,17);3-5H,6,10H2,1-2H3. The van der Waals surface area contributed by atoms with Crippen molar-refractivity contribution >= 4 is 28.9 Å². The lowest BCUT2D eigenvalue weighted by atomic mass is 10.2. The second-order valence-electron chi connectivity index (χ2n) is 5.97. The Hall–Kier alpha value is -2.65. The summed E-state index contributed by atoms with van der Waals surface area (Å²) in [6, 6.07) is 12.7. The number of nitrogens with two attached hydrogens (primary N) is 1. The van der Waals surface area contributed by atoms with Crippen molar-refractivity contribution in [1.82, 2.24) is 4.98 Å². The van der Waals surface area contributed by atoms with Crippen LogP contribution in [0.2, 0.25) is 5.02 Å². The average molecular weight is 451 g/mol. The van der Waals surface area contributed by atoms with Crippen LogP contribution < -0.4 is 15.2 Å². The minimum atomic E-state index is -1.02. The highest BCUT2D eigenvalue weighted by atomic mass is 35.5. The molecule has 0 saturated carbocycles. The van der Waals surface area contributed by atoms with Crippen LogP contribution in [0.3, 0.4) is 0 Å². The summed E-state index contributed by atoms with van der Waals surface area (Å²) >= 11 is 6.89. The fourth-order valence-corrected chi connectivity index (χ4v) is 3.60. The van der Waals surface area contributed by atoms with E-state index >= 15 is 0 Å². The smallest absolute Gasteiger partial charge is 0.347 e. The Morgan fingerprint density at radius 1 is 1.13 bits per heavy atom. The van der Waals surface area contributed by atoms with Gasteiger partial charge in [0.1, 0.15) is 9.88 Å². The van der Waals surface area contributed by atoms with E-state index in [1.165, 1.54) is 0 Å². The molecular formula is C21H23ClN2O5S. The van der Waals surface area contributed by atoms with Crippen LogP contribution in [-0.2, 0) is 13.0 Å². The van der Waals surface area contributed by atoms with Gasteiger partial charge in [0.05, 0.1) is 19.9 Å². The molecular weight excluding hydrogens is 428 g/mol. The molecule has 7 nitrogen and oxygen atoms in total. The van der Waals surface area contributed by atoms with E-state index in [0.717, 1.165) is 34.0 Å². The molecule has 3 aromatic rings. The third-order valence-electron chi connectivity index (χ3n) is 4.02. The molecule has 0 fully saturated rings. The number of aromatic nitrogens is 1. The summed E-state index contributed by atoms with van der Waals surface area (Å²) in [7, 11) is 3.22. The number of aliphatic hydroxyl groups excluding tert-OH is 1. The van der Waals surface area contributed by atoms with Gasteiger partial charge in [-0.1, -0.05) is 29.8 Å². The fraction of sp³-hybridized carbons (Fsp3) is 0.238. The molecule has 0 radical (unpaired) electrons. The van der Waals surface area contributed by atoms with Crippen LogP contribution in [0.4, 0.5) is 0 Å². The first-order valence-corrected chi connectivity index (χ1v) is 10.1. The van der Waals surface area contributed by atoms with Crippen LogP contribution in [0.5, 0.6) is 11.5 Å². The average Bonchev–Trinajstić information content (AvgIpc) is 3.18. The lowest BCUT2D eigenvalue weighted by Gasteiger charge is -2.07. The number of hydrogen-bond donors (Lipinski definition) is 3. The van der Waals surface area contributed by atoms with Crippen molar-refractivity contribution in [2.45, 2.75) is 13.0 Å². The van der Waals surface area contributed by atoms with Crippen LogP contribution in [0, 0.1) is 0 Å². The fourth-order valence-electron chi connectivity index (χ4n) is 2.52. The summed E-state index contributed by atoms with van der Waals surface area (Å²) in [5.74, 6) is 0.436. The van der Waals surface area contributed by atoms with Gasteiger partial charge in [-0.25, -0.2) is 9.78 Å². The molecule has 0 unspecified atom stereocenters. The zero-order valence-electron chi connectivity index (χ0n) is 16.6. The number of carbonyl (C=O) groups is 1. The lowest BCUT2D eigenvalue weighted by Crippen LogP contribution is -2.01. The SMILES string of the molecule is COc1ccc(CN)cc1OC.O=C(O)c1sc(-c2ccc(Cl)cc2)nc1CCO. The van der Waals surface area contributed by atoms with E-state index in [1.54, 1.807) is 38.5 Å². The van der Waals surface area contributed by atoms with Crippen LogP contribution in [0.15, 0.2) is 42.5 Å². The highest BCUT2D eigenvalue weighted by Crippen LogP contribution is 2.29. The first-order valence-electron chi connectivity index (χ1n) is 8.94. The van der Waals surface area contributed by atoms with E-state index in [-0.39, 0.29) is 17.9 Å². The van der Waals surface area contributed by atoms with Crippen LogP contribution in [0.25, 0.3) is 10.6 Å². The molecule has 0 amide bonds. The van der Waals surface area contributed by atoms with Crippen molar-refractivity contribution in [3.05, 3.63) is 63.6 Å². The number of benzene rings is 2. The molecule has 0 saturated heterocycles. The molecule has 1 heterocycles. The monoisotopic (exact) mass is 450 g/mol. The number of carboxylic acid groups (broad SMARTS) is 1. The van der Waals surface area contributed by atoms with Crippen LogP contribution in [-0.4, -0.2) is 42.0 Å². The molecule has 3 rings (SSSR count). The molecule has 1 aromatic heterocycles. The van der Waals surface area contributed by atoms with Gasteiger partial charge in [-0.3, -0.25) is 0 Å². The number of hydrogen-bond acceptors (Lipinski definition) is 7. The molecule has 30 heavy (non-hydrogen) atoms. The Kier molecular flexibility index (Phi) is 9.07. The summed E-state index contributed by atoms with van der Waals surface area (Å²) in [5.41, 5.74) is 7.74. The van der Waals surface area contributed by atoms with E-state index in [9.17, 15) is 4.79 Å². The zero-order valence-corrected chi connectivity index (χ0v) is 18.2. The van der Waals surface area contributed by atoms with Gasteiger partial charge in [0.25, 0.3) is 0 Å². The Morgan fingerprint density at radius 3 is 2.33 bits per heavy atom. The van der Waals surface area contributed by atoms with E-state index in [4.69, 9.17) is 37.0 Å². The maximum Gasteiger partial charge on any atom is 0.347 e. The third-order valence-corrected chi connectivity index (χ3v) is 5.40. The van der Waals surface area contributed by atoms with Gasteiger partial charge in [0.15, 0.2) is 11.5 Å². The Morgan fingerprint density at radius 2 is 1.80 bits per heavy atom. The summed E-state index contributed by atoms with van der Waals surface area (Å²) in [4.78, 5) is 15.5. The second-order valence-corrected chi connectivity index (χ2v) is 7.41. The first-order chi connectivity index (χ1) is 14.4. The largest absolute Gasteiger partial charge is 0.493 e. The predicted octanol–water partition coefficient (Wildman–Crippen LogP) is 3.86. The number of aromatic carboxylic acids is 1. The predicted molar refractivity (Wildman–Crippen MR) is 118 cm³/mol. The minimum Gasteiger partial charge on any atom is -0.493 e. The van der Waals surface area contributed by atoms with Gasteiger partial charge in [0, 0.05) is 30.2 Å². The second kappa shape index (κ2) is 11.5. The van der Waals surface area contributed by atoms with Gasteiger partial charge in [-0.2, -0.15) is 0 Å². The number of thiazole rings is 1. The summed E-state index contributed by atoms with van der Waals surface area (Å²) in [6.07, 6.45) is 0.242. The molecule has 0 aliphatic rings. The van der Waals surface area contributed by atoms with Crippen molar-refractivity contribution in [3.8, 4) is 22.1 Å². The number of methoxy groups -OCH3 is 2. The van der Waals surface area contributed by atoms with Crippen molar-refractivity contribution in [3.63, 3.8) is 0 Å². The molecule has 0 bridgehead atoms. The van der Waals surface area contributed by atoms with Gasteiger partial charge < -0.3 is 25.4 Å². The van der Waals surface area contributed by atoms with Crippen molar-refractivity contribution in [1.29, 1.82) is 0 Å². The number of carboxylic acids is 1. The van der Waals surface area contributed by atoms with Gasteiger partial charge >= 0.3 is 5.97 Å². The van der Waals surface area contributed by atoms with E-state index in [0.29, 0.717) is 22.3 Å². The van der Waals surface area contributed by atoms with Crippen LogP contribution >= 0.6 is 22.9 Å². The highest BCUT2D eigenvalue weighted by Gasteiger charge is 2.17. The number of rotatable bonds is 7.